The van der Waals surface area contributed by atoms with Gasteiger partial charge < -0.3 is 19.9 Å². The Balaban J connectivity index is 2.03. The highest BCUT2D eigenvalue weighted by molar-refractivity contribution is 6.02. The van der Waals surface area contributed by atoms with Gasteiger partial charge in [0.25, 0.3) is 0 Å². The molecule has 2 rings (SSSR count). The largest absolute Gasteiger partial charge is 0.462 e. The van der Waals surface area contributed by atoms with Gasteiger partial charge in [-0.1, -0.05) is 17.3 Å². The van der Waals surface area contributed by atoms with E-state index in [-0.39, 0.29) is 24.9 Å². The summed E-state index contributed by atoms with van der Waals surface area (Å²) < 4.78 is 5.03. The van der Waals surface area contributed by atoms with Crippen LogP contribution in [0.5, 0.6) is 0 Å². The van der Waals surface area contributed by atoms with Gasteiger partial charge in [0.1, 0.15) is 0 Å². The fraction of sp³-hybridized carbons (Fsp3) is 0.333. The van der Waals surface area contributed by atoms with E-state index in [0.29, 0.717) is 33.9 Å². The molecule has 8 heteroatoms. The molecule has 2 aromatic rings. The molecule has 1 aromatic carbocycles. The Bertz CT molecular complexity index is 942. The molecule has 0 unspecified atom stereocenters. The zero-order valence-corrected chi connectivity index (χ0v) is 17.2. The molecule has 1 aromatic heterocycles. The second-order valence-electron chi connectivity index (χ2n) is 6.48. The molecular weight excluding hydrogens is 374 g/mol. The molecule has 0 bridgehead atoms. The Kier molecular flexibility index (Phi) is 7.30. The summed E-state index contributed by atoms with van der Waals surface area (Å²) >= 11 is 0. The molecule has 0 aliphatic heterocycles. The number of aromatic nitrogens is 1. The minimum absolute atomic E-state index is 0.147. The van der Waals surface area contributed by atoms with Gasteiger partial charge in [-0.05, 0) is 51.0 Å². The Hall–Kier alpha value is -3.42. The van der Waals surface area contributed by atoms with E-state index in [9.17, 15) is 14.4 Å². The van der Waals surface area contributed by atoms with E-state index in [1.807, 2.05) is 0 Å². The number of aryl methyl sites for hydroxylation is 1. The fourth-order valence-electron chi connectivity index (χ4n) is 2.85. The van der Waals surface area contributed by atoms with Crippen LogP contribution in [0.1, 0.15) is 58.4 Å². The van der Waals surface area contributed by atoms with E-state index >= 15 is 0 Å². The highest BCUT2D eigenvalue weighted by Gasteiger charge is 2.23. The number of H-pyrrole nitrogens is 1. The van der Waals surface area contributed by atoms with Crippen molar-refractivity contribution in [1.29, 1.82) is 0 Å². The summed E-state index contributed by atoms with van der Waals surface area (Å²) in [5, 5.41) is 6.66. The van der Waals surface area contributed by atoms with Crippen molar-refractivity contribution in [2.45, 2.75) is 34.6 Å². The van der Waals surface area contributed by atoms with E-state index in [1.165, 1.54) is 6.92 Å². The van der Waals surface area contributed by atoms with E-state index < -0.39 is 5.97 Å². The summed E-state index contributed by atoms with van der Waals surface area (Å²) in [6.45, 7) is 8.30. The average Bonchev–Trinajstić information content (AvgIpc) is 2.96. The average molecular weight is 399 g/mol. The van der Waals surface area contributed by atoms with Crippen LogP contribution >= 0.6 is 0 Å². The monoisotopic (exact) mass is 399 g/mol. The number of ether oxygens (including phenoxy) is 1. The van der Waals surface area contributed by atoms with Gasteiger partial charge in [-0.3, -0.25) is 9.59 Å². The van der Waals surface area contributed by atoms with Crippen molar-refractivity contribution in [2.75, 3.05) is 18.5 Å². The number of carbonyl (C=O) groups excluding carboxylic acids is 3. The van der Waals surface area contributed by atoms with Crippen molar-refractivity contribution >= 4 is 29.1 Å². The quantitative estimate of drug-likeness (QED) is 0.306. The lowest BCUT2D eigenvalue weighted by molar-refractivity contribution is -0.114. The lowest BCUT2D eigenvalue weighted by Gasteiger charge is -2.05. The van der Waals surface area contributed by atoms with E-state index in [4.69, 9.17) is 9.57 Å². The number of rotatable bonds is 8. The Morgan fingerprint density at radius 3 is 2.34 bits per heavy atom. The molecule has 0 fully saturated rings. The van der Waals surface area contributed by atoms with Crippen LogP contribution in [-0.4, -0.2) is 41.6 Å². The minimum atomic E-state index is -0.463. The Morgan fingerprint density at radius 1 is 1.10 bits per heavy atom. The first-order valence-electron chi connectivity index (χ1n) is 9.18. The molecule has 154 valence electrons. The zero-order chi connectivity index (χ0) is 21.6. The highest BCUT2D eigenvalue weighted by atomic mass is 16.6. The number of hydrogen-bond acceptors (Lipinski definition) is 6. The third-order valence-corrected chi connectivity index (χ3v) is 4.22. The van der Waals surface area contributed by atoms with Crippen LogP contribution in [0.15, 0.2) is 29.4 Å². The van der Waals surface area contributed by atoms with Gasteiger partial charge >= 0.3 is 5.97 Å². The van der Waals surface area contributed by atoms with E-state index in [2.05, 4.69) is 15.5 Å². The fourth-order valence-corrected chi connectivity index (χ4v) is 2.85. The summed E-state index contributed by atoms with van der Waals surface area (Å²) in [4.78, 5) is 43.7. The third-order valence-electron chi connectivity index (χ3n) is 4.22. The van der Waals surface area contributed by atoms with Crippen LogP contribution in [-0.2, 0) is 14.4 Å². The van der Waals surface area contributed by atoms with Crippen molar-refractivity contribution in [3.05, 3.63) is 52.3 Å². The normalized spacial score (nSPS) is 11.1. The smallest absolute Gasteiger partial charge is 0.340 e. The van der Waals surface area contributed by atoms with Gasteiger partial charge in [-0.25, -0.2) is 4.79 Å². The van der Waals surface area contributed by atoms with Crippen LogP contribution in [0, 0.1) is 13.8 Å². The maximum absolute atomic E-state index is 12.5. The van der Waals surface area contributed by atoms with Gasteiger partial charge in [0.15, 0.2) is 6.61 Å². The number of ketones is 1. The summed E-state index contributed by atoms with van der Waals surface area (Å²) in [7, 11) is 0. The number of amides is 1. The van der Waals surface area contributed by atoms with Crippen molar-refractivity contribution in [3.63, 3.8) is 0 Å². The summed E-state index contributed by atoms with van der Waals surface area (Å²) in [5.41, 5.74) is 3.83. The number of nitrogens with one attached hydrogen (secondary N) is 2. The topological polar surface area (TPSA) is 110 Å². The number of oxime groups is 1. The second kappa shape index (κ2) is 9.68. The first-order valence-corrected chi connectivity index (χ1v) is 9.18. The maximum Gasteiger partial charge on any atom is 0.340 e. The standard InChI is InChI=1S/C21H25N3O5/c1-6-28-21(27)19-12(2)20(22-14(19)4)18(26)11-29-24-13(3)16-7-9-17(10-8-16)23-15(5)25/h7-10,22H,6,11H2,1-5H3,(H,23,25)/b24-13+. The number of esters is 1. The molecule has 1 heterocycles. The molecule has 2 N–H and O–H groups in total. The summed E-state index contributed by atoms with van der Waals surface area (Å²) in [6.07, 6.45) is 0. The van der Waals surface area contributed by atoms with Gasteiger partial charge in [-0.2, -0.15) is 0 Å². The van der Waals surface area contributed by atoms with E-state index in [1.54, 1.807) is 52.0 Å². The molecule has 29 heavy (non-hydrogen) atoms. The van der Waals surface area contributed by atoms with Gasteiger partial charge in [0.05, 0.1) is 23.6 Å². The Labute approximate surface area is 169 Å². The lowest BCUT2D eigenvalue weighted by Crippen LogP contribution is -2.11. The third kappa shape index (κ3) is 5.54. The van der Waals surface area contributed by atoms with Gasteiger partial charge in [0, 0.05) is 18.3 Å². The first-order chi connectivity index (χ1) is 13.7. The van der Waals surface area contributed by atoms with Crippen LogP contribution < -0.4 is 5.32 Å². The lowest BCUT2D eigenvalue weighted by atomic mass is 10.1. The number of aromatic amines is 1. The molecule has 0 saturated carbocycles. The van der Waals surface area contributed by atoms with Crippen molar-refractivity contribution in [3.8, 4) is 0 Å². The zero-order valence-electron chi connectivity index (χ0n) is 17.2. The predicted octanol–water partition coefficient (Wildman–Crippen LogP) is 3.39. The summed E-state index contributed by atoms with van der Waals surface area (Å²) in [5.74, 6) is -0.931. The predicted molar refractivity (Wildman–Crippen MR) is 109 cm³/mol. The van der Waals surface area contributed by atoms with Crippen LogP contribution in [0.25, 0.3) is 0 Å². The first kappa shape index (κ1) is 21.9. The number of benzene rings is 1. The number of hydrogen-bond donors (Lipinski definition) is 2. The summed E-state index contributed by atoms with van der Waals surface area (Å²) in [6, 6.07) is 7.09. The number of carbonyl (C=O) groups is 3. The SMILES string of the molecule is CCOC(=O)c1c(C)[nH]c(C(=O)CO/N=C(\C)c2ccc(NC(C)=O)cc2)c1C. The molecule has 0 radical (unpaired) electrons. The second-order valence-corrected chi connectivity index (χ2v) is 6.48. The van der Waals surface area contributed by atoms with Gasteiger partial charge in [-0.15, -0.1) is 0 Å². The molecule has 0 atom stereocenters. The van der Waals surface area contributed by atoms with Crippen LogP contribution in [0.4, 0.5) is 5.69 Å². The van der Waals surface area contributed by atoms with Crippen molar-refractivity contribution < 1.29 is 24.0 Å². The van der Waals surface area contributed by atoms with Crippen LogP contribution in [0.2, 0.25) is 0 Å². The van der Waals surface area contributed by atoms with E-state index in [0.717, 1.165) is 5.56 Å². The number of nitrogens with zero attached hydrogens (tertiary/aromatic N) is 1. The molecule has 1 amide bonds. The highest BCUT2D eigenvalue weighted by Crippen LogP contribution is 2.19. The molecule has 8 nitrogen and oxygen atoms in total. The van der Waals surface area contributed by atoms with Gasteiger partial charge in [0.2, 0.25) is 11.7 Å². The molecular formula is C21H25N3O5. The minimum Gasteiger partial charge on any atom is -0.462 e. The molecule has 0 aliphatic carbocycles. The molecule has 0 aliphatic rings. The maximum atomic E-state index is 12.5. The van der Waals surface area contributed by atoms with Crippen molar-refractivity contribution in [1.82, 2.24) is 4.98 Å². The van der Waals surface area contributed by atoms with Crippen molar-refractivity contribution in [2.24, 2.45) is 5.16 Å². The number of anilines is 1. The molecule has 0 spiro atoms. The van der Waals surface area contributed by atoms with Crippen LogP contribution in [0.3, 0.4) is 0 Å². The Morgan fingerprint density at radius 2 is 1.76 bits per heavy atom. The number of Topliss-reactive ketones (excluding diaryl/α,β-unsaturated/α-hetero) is 1. The molecule has 0 saturated heterocycles.